The van der Waals surface area contributed by atoms with Crippen molar-refractivity contribution in [2.75, 3.05) is 13.1 Å². The molecule has 0 N–H and O–H groups in total. The molecular formula is C21H20N2O3. The van der Waals surface area contributed by atoms with Crippen LogP contribution in [0.1, 0.15) is 47.2 Å². The highest BCUT2D eigenvalue weighted by molar-refractivity contribution is 5.95. The molecule has 5 rings (SSSR count). The topological polar surface area (TPSA) is 59.5 Å². The number of esters is 1. The molecule has 0 bridgehead atoms. The van der Waals surface area contributed by atoms with Crippen molar-refractivity contribution in [2.24, 2.45) is 0 Å². The van der Waals surface area contributed by atoms with Crippen LogP contribution < -0.4 is 0 Å². The van der Waals surface area contributed by atoms with E-state index < -0.39 is 11.0 Å². The molecule has 2 fully saturated rings. The molecular weight excluding hydrogens is 328 g/mol. The van der Waals surface area contributed by atoms with Crippen molar-refractivity contribution >= 4 is 11.9 Å². The first-order valence-electron chi connectivity index (χ1n) is 9.17. The molecule has 5 heteroatoms. The Hall–Kier alpha value is -2.69. The predicted molar refractivity (Wildman–Crippen MR) is 94.5 cm³/mol. The van der Waals surface area contributed by atoms with Gasteiger partial charge in [0.25, 0.3) is 0 Å². The van der Waals surface area contributed by atoms with Gasteiger partial charge in [-0.1, -0.05) is 30.7 Å². The van der Waals surface area contributed by atoms with Gasteiger partial charge in [0, 0.05) is 30.9 Å². The third-order valence-corrected chi connectivity index (χ3v) is 6.28. The molecule has 1 aliphatic carbocycles. The van der Waals surface area contributed by atoms with E-state index in [0.717, 1.165) is 30.4 Å². The number of ether oxygens (including phenoxy) is 1. The minimum Gasteiger partial charge on any atom is -0.449 e. The monoisotopic (exact) mass is 348 g/mol. The zero-order valence-corrected chi connectivity index (χ0v) is 14.5. The van der Waals surface area contributed by atoms with Crippen LogP contribution in [-0.4, -0.2) is 34.8 Å². The smallest absolute Gasteiger partial charge is 0.339 e. The largest absolute Gasteiger partial charge is 0.449 e. The number of likely N-dealkylation sites (tertiary alicyclic amines) is 1. The molecule has 1 saturated heterocycles. The molecule has 3 aliphatic rings. The Labute approximate surface area is 152 Å². The van der Waals surface area contributed by atoms with Gasteiger partial charge >= 0.3 is 5.97 Å². The van der Waals surface area contributed by atoms with E-state index >= 15 is 0 Å². The number of carbonyl (C=O) groups is 2. The first kappa shape index (κ1) is 15.6. The molecule has 2 aromatic rings. The summed E-state index contributed by atoms with van der Waals surface area (Å²) >= 11 is 0. The SMILES string of the molecule is O=C1OC2(CCN(C(=O)C3(c4cccnc4)CCC3)C2)c2ccccc21. The molecule has 1 aromatic heterocycles. The summed E-state index contributed by atoms with van der Waals surface area (Å²) < 4.78 is 5.79. The lowest BCUT2D eigenvalue weighted by molar-refractivity contribution is -0.141. The van der Waals surface area contributed by atoms with E-state index in [1.54, 1.807) is 12.3 Å². The summed E-state index contributed by atoms with van der Waals surface area (Å²) in [4.78, 5) is 31.8. The molecule has 1 spiro atoms. The van der Waals surface area contributed by atoms with Crippen molar-refractivity contribution in [3.05, 3.63) is 65.5 Å². The van der Waals surface area contributed by atoms with Crippen LogP contribution in [0.3, 0.4) is 0 Å². The minimum atomic E-state index is -0.677. The van der Waals surface area contributed by atoms with Crippen LogP contribution in [0.4, 0.5) is 0 Å². The fraction of sp³-hybridized carbons (Fsp3) is 0.381. The third kappa shape index (κ3) is 2.00. The highest BCUT2D eigenvalue weighted by atomic mass is 16.6. The second-order valence-corrected chi connectivity index (χ2v) is 7.58. The number of aromatic nitrogens is 1. The van der Waals surface area contributed by atoms with E-state index in [1.807, 2.05) is 41.4 Å². The van der Waals surface area contributed by atoms with Gasteiger partial charge in [0.1, 0.15) is 0 Å². The lowest BCUT2D eigenvalue weighted by Crippen LogP contribution is -2.51. The highest BCUT2D eigenvalue weighted by Gasteiger charge is 2.55. The Kier molecular flexibility index (Phi) is 3.23. The molecule has 0 radical (unpaired) electrons. The summed E-state index contributed by atoms with van der Waals surface area (Å²) in [6.45, 7) is 1.05. The van der Waals surface area contributed by atoms with Gasteiger partial charge in [-0.2, -0.15) is 0 Å². The van der Waals surface area contributed by atoms with Crippen molar-refractivity contribution in [1.29, 1.82) is 0 Å². The number of amides is 1. The number of pyridine rings is 1. The lowest BCUT2D eigenvalue weighted by Gasteiger charge is -2.43. The fourth-order valence-corrected chi connectivity index (χ4v) is 4.71. The molecule has 2 aliphatic heterocycles. The first-order valence-corrected chi connectivity index (χ1v) is 9.17. The van der Waals surface area contributed by atoms with Crippen LogP contribution in [0.15, 0.2) is 48.8 Å². The van der Waals surface area contributed by atoms with Crippen LogP contribution in [0.5, 0.6) is 0 Å². The van der Waals surface area contributed by atoms with E-state index in [4.69, 9.17) is 4.74 Å². The molecule has 5 nitrogen and oxygen atoms in total. The molecule has 1 amide bonds. The summed E-state index contributed by atoms with van der Waals surface area (Å²) in [6.07, 6.45) is 6.98. The number of nitrogens with zero attached hydrogens (tertiary/aromatic N) is 2. The van der Waals surface area contributed by atoms with E-state index in [2.05, 4.69) is 4.98 Å². The van der Waals surface area contributed by atoms with Crippen molar-refractivity contribution in [3.63, 3.8) is 0 Å². The average Bonchev–Trinajstić information content (AvgIpc) is 3.18. The number of benzene rings is 1. The zero-order valence-electron chi connectivity index (χ0n) is 14.5. The number of carbonyl (C=O) groups excluding carboxylic acids is 2. The van der Waals surface area contributed by atoms with Crippen molar-refractivity contribution in [1.82, 2.24) is 9.88 Å². The Bertz CT molecular complexity index is 891. The molecule has 3 heterocycles. The van der Waals surface area contributed by atoms with Gasteiger partial charge in [-0.25, -0.2) is 4.79 Å². The van der Waals surface area contributed by atoms with Gasteiger partial charge in [0.2, 0.25) is 5.91 Å². The summed E-state index contributed by atoms with van der Waals surface area (Å²) in [6, 6.07) is 11.4. The van der Waals surface area contributed by atoms with E-state index in [0.29, 0.717) is 25.1 Å². The van der Waals surface area contributed by atoms with Crippen LogP contribution in [0.25, 0.3) is 0 Å². The summed E-state index contributed by atoms with van der Waals surface area (Å²) in [5.74, 6) is -0.130. The molecule has 1 unspecified atom stereocenters. The Morgan fingerprint density at radius 3 is 2.69 bits per heavy atom. The molecule has 132 valence electrons. The van der Waals surface area contributed by atoms with Crippen LogP contribution in [-0.2, 0) is 20.5 Å². The van der Waals surface area contributed by atoms with Gasteiger partial charge in [0.15, 0.2) is 5.60 Å². The van der Waals surface area contributed by atoms with Crippen LogP contribution in [0.2, 0.25) is 0 Å². The first-order chi connectivity index (χ1) is 12.6. The van der Waals surface area contributed by atoms with Gasteiger partial charge in [0.05, 0.1) is 17.5 Å². The third-order valence-electron chi connectivity index (χ3n) is 6.28. The van der Waals surface area contributed by atoms with Gasteiger partial charge in [-0.3, -0.25) is 9.78 Å². The lowest BCUT2D eigenvalue weighted by atomic mass is 9.64. The van der Waals surface area contributed by atoms with Gasteiger partial charge in [-0.15, -0.1) is 0 Å². The van der Waals surface area contributed by atoms with Crippen molar-refractivity contribution in [3.8, 4) is 0 Å². The standard InChI is InChI=1S/C21H20N2O3/c24-18-16-6-1-2-7-17(16)21(26-18)10-12-23(14-21)19(25)20(8-4-9-20)15-5-3-11-22-13-15/h1-3,5-7,11,13H,4,8-10,12,14H2. The Morgan fingerprint density at radius 1 is 1.12 bits per heavy atom. The minimum absolute atomic E-state index is 0.147. The quantitative estimate of drug-likeness (QED) is 0.783. The predicted octanol–water partition coefficient (Wildman–Crippen LogP) is 2.80. The summed E-state index contributed by atoms with van der Waals surface area (Å²) in [5.41, 5.74) is 1.42. The summed E-state index contributed by atoms with van der Waals surface area (Å²) in [5, 5.41) is 0. The Morgan fingerprint density at radius 2 is 1.96 bits per heavy atom. The Balaban J connectivity index is 1.45. The summed E-state index contributed by atoms with van der Waals surface area (Å²) in [7, 11) is 0. The number of rotatable bonds is 2. The van der Waals surface area contributed by atoms with Gasteiger partial charge < -0.3 is 9.64 Å². The van der Waals surface area contributed by atoms with Crippen molar-refractivity contribution < 1.29 is 14.3 Å². The highest BCUT2D eigenvalue weighted by Crippen LogP contribution is 2.48. The molecule has 1 aromatic carbocycles. The van der Waals surface area contributed by atoms with E-state index in [9.17, 15) is 9.59 Å². The molecule has 26 heavy (non-hydrogen) atoms. The maximum absolute atomic E-state index is 13.4. The maximum Gasteiger partial charge on any atom is 0.339 e. The van der Waals surface area contributed by atoms with E-state index in [-0.39, 0.29) is 11.9 Å². The molecule has 1 saturated carbocycles. The number of hydrogen-bond acceptors (Lipinski definition) is 4. The number of fused-ring (bicyclic) bond motifs is 2. The zero-order chi connectivity index (χ0) is 17.8. The van der Waals surface area contributed by atoms with Crippen molar-refractivity contribution in [2.45, 2.75) is 36.7 Å². The normalized spacial score (nSPS) is 25.7. The maximum atomic E-state index is 13.4. The molecule has 1 atom stereocenters. The second-order valence-electron chi connectivity index (χ2n) is 7.58. The van der Waals surface area contributed by atoms with Gasteiger partial charge in [-0.05, 0) is 30.5 Å². The number of hydrogen-bond donors (Lipinski definition) is 0. The second kappa shape index (κ2) is 5.40. The average molecular weight is 348 g/mol. The van der Waals surface area contributed by atoms with E-state index in [1.165, 1.54) is 0 Å². The van der Waals surface area contributed by atoms with Crippen LogP contribution >= 0.6 is 0 Å². The fourth-order valence-electron chi connectivity index (χ4n) is 4.71. The van der Waals surface area contributed by atoms with Crippen LogP contribution in [0, 0.1) is 0 Å².